The number of ether oxygens (including phenoxy) is 1. The van der Waals surface area contributed by atoms with Gasteiger partial charge in [0, 0.05) is 12.7 Å². The average Bonchev–Trinajstić information content (AvgIpc) is 2.48. The molecule has 0 saturated heterocycles. The van der Waals surface area contributed by atoms with Gasteiger partial charge in [0.25, 0.3) is 5.91 Å². The van der Waals surface area contributed by atoms with E-state index in [2.05, 4.69) is 10.6 Å². The molecule has 0 unspecified atom stereocenters. The van der Waals surface area contributed by atoms with Gasteiger partial charge in [-0.05, 0) is 36.8 Å². The van der Waals surface area contributed by atoms with Gasteiger partial charge in [-0.25, -0.2) is 0 Å². The van der Waals surface area contributed by atoms with Gasteiger partial charge in [-0.2, -0.15) is 0 Å². The zero-order valence-electron chi connectivity index (χ0n) is 11.9. The topological polar surface area (TPSA) is 50.4 Å². The van der Waals surface area contributed by atoms with Crippen molar-refractivity contribution in [2.45, 2.75) is 6.92 Å². The van der Waals surface area contributed by atoms with Crippen LogP contribution < -0.4 is 15.4 Å². The number of para-hydroxylation sites is 1. The fourth-order valence-corrected chi connectivity index (χ4v) is 1.99. The third kappa shape index (κ3) is 2.91. The first-order valence-electron chi connectivity index (χ1n) is 6.38. The highest BCUT2D eigenvalue weighted by Crippen LogP contribution is 2.26. The Kier molecular flexibility index (Phi) is 4.25. The van der Waals surface area contributed by atoms with Gasteiger partial charge in [-0.1, -0.05) is 18.2 Å². The van der Waals surface area contributed by atoms with Crippen LogP contribution in [0.2, 0.25) is 0 Å². The molecule has 0 aromatic heterocycles. The maximum Gasteiger partial charge on any atom is 0.257 e. The summed E-state index contributed by atoms with van der Waals surface area (Å²) >= 11 is 0. The number of hydrogen-bond acceptors (Lipinski definition) is 3. The van der Waals surface area contributed by atoms with Crippen LogP contribution in [0.3, 0.4) is 0 Å². The molecule has 4 heteroatoms. The van der Waals surface area contributed by atoms with Crippen molar-refractivity contribution in [2.75, 3.05) is 24.8 Å². The average molecular weight is 270 g/mol. The van der Waals surface area contributed by atoms with Crippen LogP contribution in [-0.4, -0.2) is 20.1 Å². The standard InChI is InChI=1S/C16H18N2O2/c1-11-8-9-14(15(10-11)20-3)18-16(19)12-6-4-5-7-13(12)17-2/h4-10,17H,1-3H3,(H,18,19). The number of aryl methyl sites for hydroxylation is 1. The maximum absolute atomic E-state index is 12.3. The van der Waals surface area contributed by atoms with Crippen LogP contribution in [0, 0.1) is 6.92 Å². The smallest absolute Gasteiger partial charge is 0.257 e. The van der Waals surface area contributed by atoms with Crippen LogP contribution >= 0.6 is 0 Å². The van der Waals surface area contributed by atoms with Crippen molar-refractivity contribution in [3.8, 4) is 5.75 Å². The number of carbonyl (C=O) groups is 1. The minimum Gasteiger partial charge on any atom is -0.495 e. The van der Waals surface area contributed by atoms with E-state index in [0.717, 1.165) is 11.3 Å². The van der Waals surface area contributed by atoms with Crippen molar-refractivity contribution < 1.29 is 9.53 Å². The number of anilines is 2. The highest BCUT2D eigenvalue weighted by Gasteiger charge is 2.12. The molecule has 2 rings (SSSR count). The minimum atomic E-state index is -0.169. The van der Waals surface area contributed by atoms with E-state index >= 15 is 0 Å². The second kappa shape index (κ2) is 6.10. The highest BCUT2D eigenvalue weighted by atomic mass is 16.5. The quantitative estimate of drug-likeness (QED) is 0.896. The van der Waals surface area contributed by atoms with Gasteiger partial charge in [0.15, 0.2) is 0 Å². The van der Waals surface area contributed by atoms with E-state index in [0.29, 0.717) is 17.0 Å². The molecule has 0 atom stereocenters. The van der Waals surface area contributed by atoms with Crippen molar-refractivity contribution in [1.82, 2.24) is 0 Å². The van der Waals surface area contributed by atoms with E-state index in [-0.39, 0.29) is 5.91 Å². The van der Waals surface area contributed by atoms with Crippen molar-refractivity contribution in [3.05, 3.63) is 53.6 Å². The number of hydrogen-bond donors (Lipinski definition) is 2. The lowest BCUT2D eigenvalue weighted by Crippen LogP contribution is -2.14. The van der Waals surface area contributed by atoms with Crippen LogP contribution in [0.25, 0.3) is 0 Å². The summed E-state index contributed by atoms with van der Waals surface area (Å²) in [6, 6.07) is 13.0. The largest absolute Gasteiger partial charge is 0.495 e. The summed E-state index contributed by atoms with van der Waals surface area (Å²) in [6.45, 7) is 1.98. The zero-order valence-corrected chi connectivity index (χ0v) is 11.9. The lowest BCUT2D eigenvalue weighted by Gasteiger charge is -2.12. The Morgan fingerprint density at radius 2 is 1.85 bits per heavy atom. The predicted octanol–water partition coefficient (Wildman–Crippen LogP) is 3.30. The van der Waals surface area contributed by atoms with Crippen molar-refractivity contribution >= 4 is 17.3 Å². The molecule has 4 nitrogen and oxygen atoms in total. The lowest BCUT2D eigenvalue weighted by molar-refractivity contribution is 0.102. The number of benzene rings is 2. The van der Waals surface area contributed by atoms with Crippen LogP contribution in [0.4, 0.5) is 11.4 Å². The molecule has 2 aromatic rings. The third-order valence-electron chi connectivity index (χ3n) is 3.05. The van der Waals surface area contributed by atoms with Crippen LogP contribution in [-0.2, 0) is 0 Å². The second-order valence-corrected chi connectivity index (χ2v) is 4.45. The van der Waals surface area contributed by atoms with E-state index in [1.165, 1.54) is 0 Å². The first kappa shape index (κ1) is 13.9. The first-order valence-corrected chi connectivity index (χ1v) is 6.38. The SMILES string of the molecule is CNc1ccccc1C(=O)Nc1ccc(C)cc1OC. The summed E-state index contributed by atoms with van der Waals surface area (Å²) < 4.78 is 5.29. The summed E-state index contributed by atoms with van der Waals surface area (Å²) in [4.78, 5) is 12.3. The molecule has 0 heterocycles. The fraction of sp³-hybridized carbons (Fsp3) is 0.188. The highest BCUT2D eigenvalue weighted by molar-refractivity contribution is 6.08. The van der Waals surface area contributed by atoms with Crippen LogP contribution in [0.15, 0.2) is 42.5 Å². The molecule has 2 N–H and O–H groups in total. The van der Waals surface area contributed by atoms with Crippen LogP contribution in [0.1, 0.15) is 15.9 Å². The number of carbonyl (C=O) groups excluding carboxylic acids is 1. The molecule has 104 valence electrons. The van der Waals surface area contributed by atoms with Gasteiger partial charge >= 0.3 is 0 Å². The van der Waals surface area contributed by atoms with Crippen molar-refractivity contribution in [3.63, 3.8) is 0 Å². The monoisotopic (exact) mass is 270 g/mol. The fourth-order valence-electron chi connectivity index (χ4n) is 1.99. The molecule has 0 bridgehead atoms. The second-order valence-electron chi connectivity index (χ2n) is 4.45. The van der Waals surface area contributed by atoms with E-state index in [1.54, 1.807) is 20.2 Å². The lowest BCUT2D eigenvalue weighted by atomic mass is 10.1. The molecule has 0 aliphatic carbocycles. The Labute approximate surface area is 118 Å². The first-order chi connectivity index (χ1) is 9.65. The number of nitrogens with one attached hydrogen (secondary N) is 2. The molecule has 0 aliphatic rings. The molecule has 0 fully saturated rings. The van der Waals surface area contributed by atoms with Gasteiger partial charge in [0.05, 0.1) is 18.4 Å². The van der Waals surface area contributed by atoms with Crippen LogP contribution in [0.5, 0.6) is 5.75 Å². The Hall–Kier alpha value is -2.49. The number of methoxy groups -OCH3 is 1. The summed E-state index contributed by atoms with van der Waals surface area (Å²) in [7, 11) is 3.38. The third-order valence-corrected chi connectivity index (χ3v) is 3.05. The van der Waals surface area contributed by atoms with Gasteiger partial charge < -0.3 is 15.4 Å². The van der Waals surface area contributed by atoms with E-state index in [1.807, 2.05) is 43.3 Å². The number of rotatable bonds is 4. The Morgan fingerprint density at radius 1 is 1.10 bits per heavy atom. The molecule has 0 aliphatic heterocycles. The van der Waals surface area contributed by atoms with Gasteiger partial charge in [-0.15, -0.1) is 0 Å². The predicted molar refractivity (Wildman–Crippen MR) is 81.7 cm³/mol. The Balaban J connectivity index is 2.28. The summed E-state index contributed by atoms with van der Waals surface area (Å²) in [5, 5.41) is 5.88. The van der Waals surface area contributed by atoms with E-state index in [9.17, 15) is 4.79 Å². The molecule has 1 amide bonds. The Bertz CT molecular complexity index is 624. The summed E-state index contributed by atoms with van der Waals surface area (Å²) in [5.74, 6) is 0.484. The van der Waals surface area contributed by atoms with Crippen molar-refractivity contribution in [2.24, 2.45) is 0 Å². The molecular formula is C16H18N2O2. The van der Waals surface area contributed by atoms with Crippen molar-refractivity contribution in [1.29, 1.82) is 0 Å². The van der Waals surface area contributed by atoms with Gasteiger partial charge in [-0.3, -0.25) is 4.79 Å². The Morgan fingerprint density at radius 3 is 2.55 bits per heavy atom. The molecule has 2 aromatic carbocycles. The van der Waals surface area contributed by atoms with E-state index < -0.39 is 0 Å². The van der Waals surface area contributed by atoms with E-state index in [4.69, 9.17) is 4.74 Å². The number of amides is 1. The summed E-state index contributed by atoms with van der Waals surface area (Å²) in [6.07, 6.45) is 0. The molecular weight excluding hydrogens is 252 g/mol. The molecule has 0 spiro atoms. The molecule has 20 heavy (non-hydrogen) atoms. The molecule has 0 radical (unpaired) electrons. The van der Waals surface area contributed by atoms with Gasteiger partial charge in [0.2, 0.25) is 0 Å². The minimum absolute atomic E-state index is 0.169. The summed E-state index contributed by atoms with van der Waals surface area (Å²) in [5.41, 5.74) is 3.12. The van der Waals surface area contributed by atoms with Gasteiger partial charge in [0.1, 0.15) is 5.75 Å². The normalized spacial score (nSPS) is 9.95. The zero-order chi connectivity index (χ0) is 14.5. The molecule has 0 saturated carbocycles. The maximum atomic E-state index is 12.3.